The zero-order valence-electron chi connectivity index (χ0n) is 11.0. The van der Waals surface area contributed by atoms with Crippen LogP contribution >= 0.6 is 11.6 Å². The molecule has 19 heavy (non-hydrogen) atoms. The van der Waals surface area contributed by atoms with Crippen LogP contribution in [0, 0.1) is 5.92 Å². The zero-order valence-corrected chi connectivity index (χ0v) is 11.8. The maximum absolute atomic E-state index is 11.5. The maximum Gasteiger partial charge on any atom is 0.306 e. The number of carbonyl (C=O) groups is 1. The van der Waals surface area contributed by atoms with Gasteiger partial charge < -0.3 is 9.64 Å². The lowest BCUT2D eigenvalue weighted by Gasteiger charge is -2.32. The van der Waals surface area contributed by atoms with Crippen LogP contribution in [0.1, 0.15) is 26.2 Å². The minimum atomic E-state index is -0.114. The molecule has 0 spiro atoms. The van der Waals surface area contributed by atoms with E-state index >= 15 is 0 Å². The second-order valence-electron chi connectivity index (χ2n) is 4.68. The zero-order chi connectivity index (χ0) is 13.7. The molecule has 1 atom stereocenters. The van der Waals surface area contributed by atoms with Gasteiger partial charge in [0.1, 0.15) is 0 Å². The highest BCUT2D eigenvalue weighted by Gasteiger charge is 2.23. The summed E-state index contributed by atoms with van der Waals surface area (Å²) >= 11 is 5.73. The van der Waals surface area contributed by atoms with E-state index in [4.69, 9.17) is 16.3 Å². The normalized spacial score (nSPS) is 19.3. The smallest absolute Gasteiger partial charge is 0.306 e. The van der Waals surface area contributed by atoms with Crippen molar-refractivity contribution >= 4 is 23.4 Å². The van der Waals surface area contributed by atoms with Crippen molar-refractivity contribution in [2.24, 2.45) is 5.92 Å². The van der Waals surface area contributed by atoms with E-state index in [1.54, 1.807) is 6.07 Å². The fourth-order valence-electron chi connectivity index (χ4n) is 2.37. The summed E-state index contributed by atoms with van der Waals surface area (Å²) in [5.74, 6) is 1.03. The lowest BCUT2D eigenvalue weighted by atomic mass is 9.95. The molecule has 2 heterocycles. The first-order valence-electron chi connectivity index (χ1n) is 6.59. The highest BCUT2D eigenvalue weighted by molar-refractivity contribution is 6.29. The van der Waals surface area contributed by atoms with Crippen LogP contribution in [0.3, 0.4) is 0 Å². The fraction of sp³-hybridized carbons (Fsp3) is 0.615. The Morgan fingerprint density at radius 2 is 2.37 bits per heavy atom. The summed E-state index contributed by atoms with van der Waals surface area (Å²) in [5, 5.41) is 8.32. The first-order valence-corrected chi connectivity index (χ1v) is 6.96. The lowest BCUT2D eigenvalue weighted by molar-refractivity contribution is -0.144. The molecule has 1 aromatic heterocycles. The van der Waals surface area contributed by atoms with E-state index in [1.165, 1.54) is 0 Å². The fourth-order valence-corrected chi connectivity index (χ4v) is 2.47. The number of aromatic nitrogens is 2. The van der Waals surface area contributed by atoms with Crippen molar-refractivity contribution in [3.8, 4) is 0 Å². The summed E-state index contributed by atoms with van der Waals surface area (Å²) in [4.78, 5) is 13.7. The van der Waals surface area contributed by atoms with Crippen LogP contribution in [0.15, 0.2) is 12.1 Å². The molecule has 1 saturated heterocycles. The lowest BCUT2D eigenvalue weighted by Crippen LogP contribution is -2.37. The summed E-state index contributed by atoms with van der Waals surface area (Å²) in [6, 6.07) is 3.60. The average Bonchev–Trinajstić information content (AvgIpc) is 2.40. The molecule has 1 aliphatic heterocycles. The van der Waals surface area contributed by atoms with Gasteiger partial charge in [-0.25, -0.2) is 0 Å². The van der Waals surface area contributed by atoms with E-state index in [-0.39, 0.29) is 5.97 Å². The van der Waals surface area contributed by atoms with Gasteiger partial charge in [0.05, 0.1) is 13.0 Å². The Labute approximate surface area is 117 Å². The van der Waals surface area contributed by atoms with Crippen LogP contribution in [0.4, 0.5) is 5.82 Å². The van der Waals surface area contributed by atoms with Crippen molar-refractivity contribution in [3.63, 3.8) is 0 Å². The molecular weight excluding hydrogens is 266 g/mol. The number of rotatable bonds is 4. The second-order valence-corrected chi connectivity index (χ2v) is 5.06. The molecule has 104 valence electrons. The first kappa shape index (κ1) is 14.1. The van der Waals surface area contributed by atoms with Crippen LogP contribution in [-0.4, -0.2) is 35.9 Å². The van der Waals surface area contributed by atoms with Crippen LogP contribution in [0.25, 0.3) is 0 Å². The Hall–Kier alpha value is -1.36. The number of hydrogen-bond acceptors (Lipinski definition) is 5. The number of nitrogens with zero attached hydrogens (tertiary/aromatic N) is 3. The van der Waals surface area contributed by atoms with Gasteiger partial charge in [0, 0.05) is 13.1 Å². The van der Waals surface area contributed by atoms with Gasteiger partial charge >= 0.3 is 5.97 Å². The van der Waals surface area contributed by atoms with E-state index < -0.39 is 0 Å². The standard InChI is InChI=1S/C13H18ClN3O2/c1-2-19-13(18)8-10-4-3-7-17(9-10)12-6-5-11(14)15-16-12/h5-6,10H,2-4,7-9H2,1H3. The van der Waals surface area contributed by atoms with Gasteiger partial charge in [0.15, 0.2) is 11.0 Å². The third-order valence-corrected chi connectivity index (χ3v) is 3.42. The second kappa shape index (κ2) is 6.70. The topological polar surface area (TPSA) is 55.3 Å². The summed E-state index contributed by atoms with van der Waals surface area (Å²) in [5.41, 5.74) is 0. The van der Waals surface area contributed by atoms with Crippen LogP contribution in [0.2, 0.25) is 5.15 Å². The molecule has 6 heteroatoms. The predicted molar refractivity (Wildman–Crippen MR) is 73.2 cm³/mol. The van der Waals surface area contributed by atoms with Crippen molar-refractivity contribution in [1.29, 1.82) is 0 Å². The molecule has 1 aromatic rings. The van der Waals surface area contributed by atoms with Crippen molar-refractivity contribution < 1.29 is 9.53 Å². The molecule has 0 amide bonds. The van der Waals surface area contributed by atoms with Crippen LogP contribution < -0.4 is 4.90 Å². The Kier molecular flexibility index (Phi) is 4.96. The van der Waals surface area contributed by atoms with Gasteiger partial charge in [0.25, 0.3) is 0 Å². The monoisotopic (exact) mass is 283 g/mol. The predicted octanol–water partition coefficient (Wildman–Crippen LogP) is 2.30. The average molecular weight is 284 g/mol. The molecule has 0 aromatic carbocycles. The van der Waals surface area contributed by atoms with Gasteiger partial charge in [-0.1, -0.05) is 11.6 Å². The third kappa shape index (κ3) is 4.06. The molecule has 0 N–H and O–H groups in total. The molecular formula is C13H18ClN3O2. The third-order valence-electron chi connectivity index (χ3n) is 3.22. The van der Waals surface area contributed by atoms with E-state index in [2.05, 4.69) is 15.1 Å². The number of esters is 1. The quantitative estimate of drug-likeness (QED) is 0.794. The number of ether oxygens (including phenoxy) is 1. The molecule has 2 rings (SSSR count). The summed E-state index contributed by atoms with van der Waals surface area (Å²) in [6.07, 6.45) is 2.58. The van der Waals surface area contributed by atoms with Gasteiger partial charge in [-0.2, -0.15) is 0 Å². The van der Waals surface area contributed by atoms with Gasteiger partial charge in [-0.05, 0) is 37.8 Å². The summed E-state index contributed by atoms with van der Waals surface area (Å²) < 4.78 is 5.00. The van der Waals surface area contributed by atoms with Crippen molar-refractivity contribution in [1.82, 2.24) is 10.2 Å². The van der Waals surface area contributed by atoms with E-state index in [9.17, 15) is 4.79 Å². The van der Waals surface area contributed by atoms with E-state index in [0.29, 0.717) is 24.1 Å². The van der Waals surface area contributed by atoms with Gasteiger partial charge in [0.2, 0.25) is 0 Å². The molecule has 5 nitrogen and oxygen atoms in total. The van der Waals surface area contributed by atoms with E-state index in [1.807, 2.05) is 13.0 Å². The summed E-state index contributed by atoms with van der Waals surface area (Å²) in [6.45, 7) is 4.02. The van der Waals surface area contributed by atoms with Crippen molar-refractivity contribution in [2.45, 2.75) is 26.2 Å². The SMILES string of the molecule is CCOC(=O)CC1CCCN(c2ccc(Cl)nn2)C1. The minimum absolute atomic E-state index is 0.114. The largest absolute Gasteiger partial charge is 0.466 e. The number of anilines is 1. The first-order chi connectivity index (χ1) is 9.19. The Morgan fingerprint density at radius 3 is 3.05 bits per heavy atom. The van der Waals surface area contributed by atoms with Gasteiger partial charge in [-0.15, -0.1) is 10.2 Å². The van der Waals surface area contributed by atoms with E-state index in [0.717, 1.165) is 31.7 Å². The molecule has 1 aliphatic rings. The number of piperidine rings is 1. The highest BCUT2D eigenvalue weighted by atomic mass is 35.5. The Morgan fingerprint density at radius 1 is 1.53 bits per heavy atom. The number of halogens is 1. The molecule has 0 aliphatic carbocycles. The van der Waals surface area contributed by atoms with Gasteiger partial charge in [-0.3, -0.25) is 4.79 Å². The molecule has 0 radical (unpaired) electrons. The van der Waals surface area contributed by atoms with Crippen LogP contribution in [-0.2, 0) is 9.53 Å². The maximum atomic E-state index is 11.5. The van der Waals surface area contributed by atoms with Crippen LogP contribution in [0.5, 0.6) is 0 Å². The van der Waals surface area contributed by atoms with Crippen molar-refractivity contribution in [2.75, 3.05) is 24.6 Å². The summed E-state index contributed by atoms with van der Waals surface area (Å²) in [7, 11) is 0. The highest BCUT2D eigenvalue weighted by Crippen LogP contribution is 2.24. The number of carbonyl (C=O) groups excluding carboxylic acids is 1. The molecule has 0 bridgehead atoms. The van der Waals surface area contributed by atoms with Crippen molar-refractivity contribution in [3.05, 3.63) is 17.3 Å². The minimum Gasteiger partial charge on any atom is -0.466 e. The number of hydrogen-bond donors (Lipinski definition) is 0. The Bertz CT molecular complexity index is 424. The molecule has 0 saturated carbocycles. The molecule has 1 fully saturated rings. The Balaban J connectivity index is 1.93. The molecule has 1 unspecified atom stereocenters.